The van der Waals surface area contributed by atoms with Crippen LogP contribution < -0.4 is 10.7 Å². The third kappa shape index (κ3) is 2.39. The first-order valence-electron chi connectivity index (χ1n) is 5.11. The third-order valence-corrected chi connectivity index (χ3v) is 3.03. The molecule has 0 atom stereocenters. The molecule has 1 aromatic carbocycles. The van der Waals surface area contributed by atoms with Crippen LogP contribution in [0.1, 0.15) is 0 Å². The Kier molecular flexibility index (Phi) is 3.28. The number of nitrogens with zero attached hydrogens (tertiary/aromatic N) is 1. The fourth-order valence-electron chi connectivity index (χ4n) is 1.66. The molecule has 1 heterocycles. The van der Waals surface area contributed by atoms with Gasteiger partial charge in [0.1, 0.15) is 6.54 Å². The molecule has 0 saturated heterocycles. The molecule has 1 aromatic heterocycles. The average molecular weight is 295 g/mol. The van der Waals surface area contributed by atoms with E-state index in [-0.39, 0.29) is 17.9 Å². The van der Waals surface area contributed by atoms with Crippen LogP contribution in [0, 0.1) is 0 Å². The van der Waals surface area contributed by atoms with E-state index in [2.05, 4.69) is 21.2 Å². The van der Waals surface area contributed by atoms with Crippen molar-refractivity contribution in [3.05, 3.63) is 45.2 Å². The lowest BCUT2D eigenvalue weighted by Crippen LogP contribution is -2.24. The highest BCUT2D eigenvalue weighted by Crippen LogP contribution is 2.16. The predicted octanol–water partition coefficient (Wildman–Crippen LogP) is 1.51. The molecule has 1 N–H and O–H groups in total. The van der Waals surface area contributed by atoms with E-state index in [0.717, 1.165) is 9.99 Å². The summed E-state index contributed by atoms with van der Waals surface area (Å²) < 4.78 is 2.60. The van der Waals surface area contributed by atoms with Crippen LogP contribution in [0.3, 0.4) is 0 Å². The van der Waals surface area contributed by atoms with Gasteiger partial charge in [-0.05, 0) is 18.2 Å². The SMILES string of the molecule is CNC(=O)Cn1ccc(=O)c2cc(Br)ccc21. The van der Waals surface area contributed by atoms with Crippen molar-refractivity contribution in [2.75, 3.05) is 7.05 Å². The van der Waals surface area contributed by atoms with Gasteiger partial charge in [-0.2, -0.15) is 0 Å². The van der Waals surface area contributed by atoms with Crippen molar-refractivity contribution < 1.29 is 4.79 Å². The van der Waals surface area contributed by atoms with Gasteiger partial charge in [0.15, 0.2) is 5.43 Å². The molecule has 5 heteroatoms. The number of amides is 1. The molecule has 17 heavy (non-hydrogen) atoms. The van der Waals surface area contributed by atoms with Crippen LogP contribution in [0.15, 0.2) is 39.7 Å². The van der Waals surface area contributed by atoms with Gasteiger partial charge in [-0.1, -0.05) is 15.9 Å². The molecule has 2 rings (SSSR count). The molecular formula is C12H11BrN2O2. The van der Waals surface area contributed by atoms with Crippen molar-refractivity contribution in [3.63, 3.8) is 0 Å². The van der Waals surface area contributed by atoms with Crippen LogP contribution in [0.4, 0.5) is 0 Å². The van der Waals surface area contributed by atoms with Crippen molar-refractivity contribution in [1.82, 2.24) is 9.88 Å². The van der Waals surface area contributed by atoms with Crippen molar-refractivity contribution in [2.24, 2.45) is 0 Å². The lowest BCUT2D eigenvalue weighted by Gasteiger charge is -2.09. The highest BCUT2D eigenvalue weighted by molar-refractivity contribution is 9.10. The number of pyridine rings is 1. The number of carbonyl (C=O) groups is 1. The number of aromatic nitrogens is 1. The zero-order valence-corrected chi connectivity index (χ0v) is 10.8. The van der Waals surface area contributed by atoms with E-state index in [1.165, 1.54) is 6.07 Å². The van der Waals surface area contributed by atoms with Gasteiger partial charge in [-0.3, -0.25) is 9.59 Å². The summed E-state index contributed by atoms with van der Waals surface area (Å²) in [6.07, 6.45) is 1.63. The Morgan fingerprint density at radius 2 is 2.18 bits per heavy atom. The summed E-state index contributed by atoms with van der Waals surface area (Å²) in [6, 6.07) is 6.90. The second-order valence-electron chi connectivity index (χ2n) is 3.64. The number of carbonyl (C=O) groups excluding carboxylic acids is 1. The lowest BCUT2D eigenvalue weighted by molar-refractivity contribution is -0.121. The van der Waals surface area contributed by atoms with Crippen LogP contribution in [-0.4, -0.2) is 17.5 Å². The van der Waals surface area contributed by atoms with Crippen LogP contribution >= 0.6 is 15.9 Å². The number of benzene rings is 1. The number of likely N-dealkylation sites (N-methyl/N-ethyl adjacent to an activating group) is 1. The van der Waals surface area contributed by atoms with Gasteiger partial charge in [-0.15, -0.1) is 0 Å². The van der Waals surface area contributed by atoms with Crippen LogP contribution in [-0.2, 0) is 11.3 Å². The highest BCUT2D eigenvalue weighted by atomic mass is 79.9. The number of hydrogen-bond donors (Lipinski definition) is 1. The maximum absolute atomic E-state index is 11.7. The molecule has 88 valence electrons. The molecule has 0 fully saturated rings. The van der Waals surface area contributed by atoms with E-state index in [4.69, 9.17) is 0 Å². The Morgan fingerprint density at radius 1 is 1.41 bits per heavy atom. The molecule has 0 aliphatic rings. The average Bonchev–Trinajstić information content (AvgIpc) is 2.33. The lowest BCUT2D eigenvalue weighted by atomic mass is 10.2. The smallest absolute Gasteiger partial charge is 0.239 e. The first-order chi connectivity index (χ1) is 8.11. The topological polar surface area (TPSA) is 51.1 Å². The zero-order valence-electron chi connectivity index (χ0n) is 9.24. The van der Waals surface area contributed by atoms with Gasteiger partial charge >= 0.3 is 0 Å². The summed E-state index contributed by atoms with van der Waals surface area (Å²) in [5.74, 6) is -0.0992. The van der Waals surface area contributed by atoms with E-state index in [1.54, 1.807) is 23.9 Å². The highest BCUT2D eigenvalue weighted by Gasteiger charge is 2.05. The second kappa shape index (κ2) is 4.71. The van der Waals surface area contributed by atoms with Gasteiger partial charge in [0.2, 0.25) is 5.91 Å². The molecule has 0 saturated carbocycles. The van der Waals surface area contributed by atoms with Gasteiger partial charge < -0.3 is 9.88 Å². The Bertz CT molecular complexity index is 634. The Labute approximate surface area is 106 Å². The molecule has 0 bridgehead atoms. The standard InChI is InChI=1S/C12H11BrN2O2/c1-14-12(17)7-15-5-4-11(16)9-6-8(13)2-3-10(9)15/h2-6H,7H2,1H3,(H,14,17). The first kappa shape index (κ1) is 11.9. The largest absolute Gasteiger partial charge is 0.358 e. The summed E-state index contributed by atoms with van der Waals surface area (Å²) in [4.78, 5) is 23.1. The van der Waals surface area contributed by atoms with Crippen LogP contribution in [0.2, 0.25) is 0 Å². The van der Waals surface area contributed by atoms with Crippen LogP contribution in [0.25, 0.3) is 10.9 Å². The Morgan fingerprint density at radius 3 is 2.88 bits per heavy atom. The van der Waals surface area contributed by atoms with Gasteiger partial charge in [0.25, 0.3) is 0 Å². The Balaban J connectivity index is 2.62. The van der Waals surface area contributed by atoms with E-state index in [1.807, 2.05) is 12.1 Å². The summed E-state index contributed by atoms with van der Waals surface area (Å²) in [5.41, 5.74) is 0.707. The maximum Gasteiger partial charge on any atom is 0.239 e. The summed E-state index contributed by atoms with van der Waals surface area (Å²) in [7, 11) is 1.59. The number of hydrogen-bond acceptors (Lipinski definition) is 2. The van der Waals surface area contributed by atoms with Gasteiger partial charge in [-0.25, -0.2) is 0 Å². The molecular weight excluding hydrogens is 284 g/mol. The molecule has 0 aliphatic carbocycles. The molecule has 0 spiro atoms. The maximum atomic E-state index is 11.7. The molecule has 1 amide bonds. The number of fused-ring (bicyclic) bond motifs is 1. The third-order valence-electron chi connectivity index (χ3n) is 2.53. The first-order valence-corrected chi connectivity index (χ1v) is 5.90. The number of halogens is 1. The predicted molar refractivity (Wildman–Crippen MR) is 70.0 cm³/mol. The Hall–Kier alpha value is -1.62. The van der Waals surface area contributed by atoms with Crippen molar-refractivity contribution in [3.8, 4) is 0 Å². The molecule has 2 aromatic rings. The van der Waals surface area contributed by atoms with Crippen molar-refractivity contribution >= 4 is 32.7 Å². The normalized spacial score (nSPS) is 10.5. The zero-order chi connectivity index (χ0) is 12.4. The number of rotatable bonds is 2. The fourth-order valence-corrected chi connectivity index (χ4v) is 2.02. The van der Waals surface area contributed by atoms with Gasteiger partial charge in [0.05, 0.1) is 5.52 Å². The van der Waals surface area contributed by atoms with E-state index in [0.29, 0.717) is 5.39 Å². The summed E-state index contributed by atoms with van der Waals surface area (Å²) in [6.45, 7) is 0.203. The summed E-state index contributed by atoms with van der Waals surface area (Å²) >= 11 is 3.33. The quantitative estimate of drug-likeness (QED) is 0.913. The van der Waals surface area contributed by atoms with E-state index < -0.39 is 0 Å². The molecule has 4 nitrogen and oxygen atoms in total. The van der Waals surface area contributed by atoms with E-state index in [9.17, 15) is 9.59 Å². The van der Waals surface area contributed by atoms with Crippen molar-refractivity contribution in [1.29, 1.82) is 0 Å². The molecule has 0 radical (unpaired) electrons. The van der Waals surface area contributed by atoms with Crippen LogP contribution in [0.5, 0.6) is 0 Å². The second-order valence-corrected chi connectivity index (χ2v) is 4.56. The molecule has 0 aliphatic heterocycles. The minimum Gasteiger partial charge on any atom is -0.358 e. The van der Waals surface area contributed by atoms with E-state index >= 15 is 0 Å². The fraction of sp³-hybridized carbons (Fsp3) is 0.167. The van der Waals surface area contributed by atoms with Gasteiger partial charge in [0, 0.05) is 29.2 Å². The summed E-state index contributed by atoms with van der Waals surface area (Å²) in [5, 5.41) is 3.16. The number of nitrogens with one attached hydrogen (secondary N) is 1. The minimum absolute atomic E-state index is 0.0468. The van der Waals surface area contributed by atoms with Crippen molar-refractivity contribution in [2.45, 2.75) is 6.54 Å². The minimum atomic E-state index is -0.0992. The molecule has 0 unspecified atom stereocenters. The monoisotopic (exact) mass is 294 g/mol.